The van der Waals surface area contributed by atoms with E-state index in [-0.39, 0.29) is 25.0 Å². The second kappa shape index (κ2) is 3.87. The highest BCUT2D eigenvalue weighted by molar-refractivity contribution is 5.79. The second-order valence-corrected chi connectivity index (χ2v) is 3.15. The maximum atomic E-state index is 11.2. The largest absolute Gasteiger partial charge is 0.394 e. The molecule has 0 aromatic heterocycles. The normalized spacial score (nSPS) is 26.4. The summed E-state index contributed by atoms with van der Waals surface area (Å²) in [5.74, 6) is -0.0524. The first-order chi connectivity index (χ1) is 5.69. The highest BCUT2D eigenvalue weighted by Gasteiger charge is 2.31. The summed E-state index contributed by atoms with van der Waals surface area (Å²) in [6, 6.07) is -0.116. The number of β-amino-alcohol motifs (C(OH)–C–C–N with tert-alkyl or cyclic N) is 1. The van der Waals surface area contributed by atoms with Gasteiger partial charge in [0, 0.05) is 6.54 Å². The number of amides is 1. The average Bonchev–Trinajstić information content (AvgIpc) is 2.34. The van der Waals surface area contributed by atoms with Gasteiger partial charge in [-0.25, -0.2) is 0 Å². The summed E-state index contributed by atoms with van der Waals surface area (Å²) in [6.45, 7) is 2.27. The smallest absolute Gasteiger partial charge is 0.225 e. The van der Waals surface area contributed by atoms with Gasteiger partial charge in [-0.05, 0) is 6.42 Å². The molecule has 12 heavy (non-hydrogen) atoms. The molecule has 0 saturated carbocycles. The van der Waals surface area contributed by atoms with E-state index in [4.69, 9.17) is 10.2 Å². The molecule has 2 unspecified atom stereocenters. The number of aliphatic hydroxyl groups is 2. The van der Waals surface area contributed by atoms with E-state index in [1.54, 1.807) is 4.90 Å². The zero-order chi connectivity index (χ0) is 9.14. The molecule has 4 heteroatoms. The third kappa shape index (κ3) is 1.76. The summed E-state index contributed by atoms with van der Waals surface area (Å²) >= 11 is 0. The van der Waals surface area contributed by atoms with Crippen molar-refractivity contribution < 1.29 is 15.0 Å². The fourth-order valence-electron chi connectivity index (χ4n) is 1.51. The van der Waals surface area contributed by atoms with Crippen LogP contribution in [-0.2, 0) is 4.79 Å². The van der Waals surface area contributed by atoms with Gasteiger partial charge in [-0.2, -0.15) is 0 Å². The van der Waals surface area contributed by atoms with Crippen molar-refractivity contribution in [1.29, 1.82) is 0 Å². The fourth-order valence-corrected chi connectivity index (χ4v) is 1.51. The predicted octanol–water partition coefficient (Wildman–Crippen LogP) is -0.650. The van der Waals surface area contributed by atoms with Gasteiger partial charge in [-0.15, -0.1) is 0 Å². The van der Waals surface area contributed by atoms with Gasteiger partial charge in [0.25, 0.3) is 0 Å². The monoisotopic (exact) mass is 173 g/mol. The van der Waals surface area contributed by atoms with Crippen molar-refractivity contribution in [2.24, 2.45) is 0 Å². The quantitative estimate of drug-likeness (QED) is 0.596. The van der Waals surface area contributed by atoms with Crippen LogP contribution in [0.4, 0.5) is 0 Å². The number of aliphatic hydroxyl groups excluding tert-OH is 2. The summed E-state index contributed by atoms with van der Waals surface area (Å²) in [5, 5.41) is 18.1. The van der Waals surface area contributed by atoms with Crippen LogP contribution in [0.25, 0.3) is 0 Å². The third-order valence-corrected chi connectivity index (χ3v) is 2.26. The van der Waals surface area contributed by atoms with Gasteiger partial charge in [0.2, 0.25) is 5.91 Å². The zero-order valence-corrected chi connectivity index (χ0v) is 7.23. The van der Waals surface area contributed by atoms with E-state index >= 15 is 0 Å². The molecule has 2 atom stereocenters. The van der Waals surface area contributed by atoms with Crippen molar-refractivity contribution in [2.75, 3.05) is 13.2 Å². The van der Waals surface area contributed by atoms with Gasteiger partial charge >= 0.3 is 0 Å². The minimum absolute atomic E-state index is 0.0189. The zero-order valence-electron chi connectivity index (χ0n) is 7.23. The van der Waals surface area contributed by atoms with Crippen LogP contribution in [0.5, 0.6) is 0 Å². The number of carbonyl (C=O) groups is 1. The van der Waals surface area contributed by atoms with Crippen LogP contribution in [0.15, 0.2) is 0 Å². The van der Waals surface area contributed by atoms with Crippen molar-refractivity contribution in [3.63, 3.8) is 0 Å². The van der Waals surface area contributed by atoms with E-state index < -0.39 is 6.10 Å². The van der Waals surface area contributed by atoms with Gasteiger partial charge < -0.3 is 15.1 Å². The van der Waals surface area contributed by atoms with Crippen LogP contribution in [-0.4, -0.2) is 46.3 Å². The first-order valence-electron chi connectivity index (χ1n) is 4.27. The molecule has 1 aliphatic rings. The number of nitrogens with zero attached hydrogens (tertiary/aromatic N) is 1. The second-order valence-electron chi connectivity index (χ2n) is 3.15. The van der Waals surface area contributed by atoms with E-state index in [0.29, 0.717) is 6.54 Å². The molecule has 1 fully saturated rings. The minimum atomic E-state index is -0.543. The summed E-state index contributed by atoms with van der Waals surface area (Å²) in [4.78, 5) is 12.8. The topological polar surface area (TPSA) is 60.8 Å². The molecule has 0 aromatic carbocycles. The van der Waals surface area contributed by atoms with Crippen LogP contribution in [0.2, 0.25) is 0 Å². The van der Waals surface area contributed by atoms with E-state index in [9.17, 15) is 4.79 Å². The van der Waals surface area contributed by atoms with Gasteiger partial charge in [0.15, 0.2) is 0 Å². The van der Waals surface area contributed by atoms with Crippen molar-refractivity contribution >= 4 is 5.91 Å². The van der Waals surface area contributed by atoms with Crippen LogP contribution >= 0.6 is 0 Å². The molecule has 1 heterocycles. The lowest BCUT2D eigenvalue weighted by Crippen LogP contribution is -2.38. The Kier molecular flexibility index (Phi) is 3.05. The number of likely N-dealkylation sites (tertiary alicyclic amines) is 1. The molecule has 0 aliphatic carbocycles. The molecule has 0 bridgehead atoms. The predicted molar refractivity (Wildman–Crippen MR) is 43.5 cm³/mol. The Morgan fingerprint density at radius 1 is 1.75 bits per heavy atom. The lowest BCUT2D eigenvalue weighted by Gasteiger charge is -2.24. The standard InChI is InChI=1S/C8H15NO3/c1-2-6(5-10)9-4-7(11)3-8(9)12/h6-7,10-11H,2-5H2,1H3. The Morgan fingerprint density at radius 3 is 2.75 bits per heavy atom. The number of hydrogen-bond donors (Lipinski definition) is 2. The van der Waals surface area contributed by atoms with Gasteiger partial charge in [0.1, 0.15) is 0 Å². The molecule has 1 amide bonds. The summed E-state index contributed by atoms with van der Waals surface area (Å²) in [5.41, 5.74) is 0. The first-order valence-corrected chi connectivity index (χ1v) is 4.27. The van der Waals surface area contributed by atoms with Crippen LogP contribution in [0, 0.1) is 0 Å². The maximum absolute atomic E-state index is 11.2. The molecule has 0 aromatic rings. The molecule has 1 rings (SSSR count). The van der Waals surface area contributed by atoms with E-state index in [2.05, 4.69) is 0 Å². The minimum Gasteiger partial charge on any atom is -0.394 e. The molecule has 2 N–H and O–H groups in total. The molecule has 1 aliphatic heterocycles. The molecular formula is C8H15NO3. The molecule has 0 spiro atoms. The Bertz CT molecular complexity index is 168. The Morgan fingerprint density at radius 2 is 2.42 bits per heavy atom. The number of rotatable bonds is 3. The molecule has 4 nitrogen and oxygen atoms in total. The fraction of sp³-hybridized carbons (Fsp3) is 0.875. The Balaban J connectivity index is 2.56. The van der Waals surface area contributed by atoms with Crippen molar-refractivity contribution in [2.45, 2.75) is 31.9 Å². The van der Waals surface area contributed by atoms with Gasteiger partial charge in [0.05, 0.1) is 25.2 Å². The highest BCUT2D eigenvalue weighted by Crippen LogP contribution is 2.15. The summed E-state index contributed by atoms with van der Waals surface area (Å²) in [6.07, 6.45) is 0.393. The van der Waals surface area contributed by atoms with Crippen LogP contribution in [0.1, 0.15) is 19.8 Å². The van der Waals surface area contributed by atoms with E-state index in [0.717, 1.165) is 6.42 Å². The lowest BCUT2D eigenvalue weighted by atomic mass is 10.2. The van der Waals surface area contributed by atoms with Crippen molar-refractivity contribution in [3.05, 3.63) is 0 Å². The van der Waals surface area contributed by atoms with Crippen LogP contribution < -0.4 is 0 Å². The highest BCUT2D eigenvalue weighted by atomic mass is 16.3. The van der Waals surface area contributed by atoms with E-state index in [1.807, 2.05) is 6.92 Å². The van der Waals surface area contributed by atoms with Crippen LogP contribution in [0.3, 0.4) is 0 Å². The third-order valence-electron chi connectivity index (χ3n) is 2.26. The van der Waals surface area contributed by atoms with Crippen molar-refractivity contribution in [3.8, 4) is 0 Å². The van der Waals surface area contributed by atoms with Gasteiger partial charge in [-0.3, -0.25) is 4.79 Å². The SMILES string of the molecule is CCC(CO)N1CC(O)CC1=O. The lowest BCUT2D eigenvalue weighted by molar-refractivity contribution is -0.130. The first kappa shape index (κ1) is 9.48. The molecular weight excluding hydrogens is 158 g/mol. The van der Waals surface area contributed by atoms with E-state index in [1.165, 1.54) is 0 Å². The average molecular weight is 173 g/mol. The van der Waals surface area contributed by atoms with Gasteiger partial charge in [-0.1, -0.05) is 6.92 Å². The molecule has 1 saturated heterocycles. The van der Waals surface area contributed by atoms with Crippen molar-refractivity contribution in [1.82, 2.24) is 4.90 Å². The molecule has 0 radical (unpaired) electrons. The Labute approximate surface area is 71.8 Å². The number of hydrogen-bond acceptors (Lipinski definition) is 3. The maximum Gasteiger partial charge on any atom is 0.225 e. The summed E-state index contributed by atoms with van der Waals surface area (Å²) < 4.78 is 0. The summed E-state index contributed by atoms with van der Waals surface area (Å²) in [7, 11) is 0. The Hall–Kier alpha value is -0.610. The molecule has 70 valence electrons. The number of carbonyl (C=O) groups excluding carboxylic acids is 1.